The van der Waals surface area contributed by atoms with Crippen LogP contribution in [0, 0.1) is 17.0 Å². The smallest absolute Gasteiger partial charge is 0.258 e. The molecule has 0 fully saturated rings. The molecule has 0 amide bonds. The zero-order chi connectivity index (χ0) is 14.4. The average Bonchev–Trinajstić information content (AvgIpc) is 2.46. The van der Waals surface area contributed by atoms with Crippen LogP contribution in [0.15, 0.2) is 60.7 Å². The maximum Gasteiger partial charge on any atom is 0.269 e. The number of allylic oxidation sites excluding steroid dienone is 2. The molecule has 0 aromatic heterocycles. The van der Waals surface area contributed by atoms with Gasteiger partial charge in [0.15, 0.2) is 0 Å². The molecule has 0 saturated carbocycles. The standard InChI is InChI=1S/C17H15NO2/c1-14-6-8-15(9-7-14)4-2-3-5-16-10-12-17(13-11-16)18(19)20/h2-13H,1H3/b4-2+,5-3+. The van der Waals surface area contributed by atoms with Gasteiger partial charge in [-0.1, -0.05) is 54.1 Å². The van der Waals surface area contributed by atoms with Crippen LogP contribution in [0.2, 0.25) is 0 Å². The Balaban J connectivity index is 1.99. The summed E-state index contributed by atoms with van der Waals surface area (Å²) < 4.78 is 0. The summed E-state index contributed by atoms with van der Waals surface area (Å²) in [6.07, 6.45) is 7.79. The molecule has 100 valence electrons. The van der Waals surface area contributed by atoms with Crippen LogP contribution in [0.3, 0.4) is 0 Å². The molecule has 2 aromatic carbocycles. The van der Waals surface area contributed by atoms with Gasteiger partial charge < -0.3 is 0 Å². The fraction of sp³-hybridized carbons (Fsp3) is 0.0588. The number of non-ortho nitro benzene ring substituents is 1. The van der Waals surface area contributed by atoms with Crippen molar-refractivity contribution in [3.63, 3.8) is 0 Å². The molecule has 0 aliphatic rings. The molecule has 2 rings (SSSR count). The number of nitro benzene ring substituents is 1. The van der Waals surface area contributed by atoms with E-state index in [1.165, 1.54) is 17.7 Å². The second-order valence-electron chi connectivity index (χ2n) is 4.48. The minimum Gasteiger partial charge on any atom is -0.258 e. The van der Waals surface area contributed by atoms with E-state index in [0.717, 1.165) is 11.1 Å². The minimum atomic E-state index is -0.398. The Hall–Kier alpha value is -2.68. The zero-order valence-electron chi connectivity index (χ0n) is 11.2. The SMILES string of the molecule is Cc1ccc(/C=C/C=C/c2ccc([N+](=O)[O-])cc2)cc1. The highest BCUT2D eigenvalue weighted by atomic mass is 16.6. The van der Waals surface area contributed by atoms with Gasteiger partial charge in [-0.15, -0.1) is 0 Å². The van der Waals surface area contributed by atoms with Crippen LogP contribution in [0.25, 0.3) is 12.2 Å². The number of hydrogen-bond acceptors (Lipinski definition) is 2. The second-order valence-corrected chi connectivity index (χ2v) is 4.48. The Bertz CT molecular complexity index is 638. The van der Waals surface area contributed by atoms with Gasteiger partial charge in [-0.3, -0.25) is 10.1 Å². The summed E-state index contributed by atoms with van der Waals surface area (Å²) >= 11 is 0. The van der Waals surface area contributed by atoms with Gasteiger partial charge in [0.25, 0.3) is 5.69 Å². The van der Waals surface area contributed by atoms with Crippen molar-refractivity contribution in [2.24, 2.45) is 0 Å². The van der Waals surface area contributed by atoms with Gasteiger partial charge in [0.05, 0.1) is 4.92 Å². The van der Waals surface area contributed by atoms with Gasteiger partial charge in [-0.25, -0.2) is 0 Å². The van der Waals surface area contributed by atoms with E-state index >= 15 is 0 Å². The molecule has 0 aliphatic carbocycles. The lowest BCUT2D eigenvalue weighted by Gasteiger charge is -1.94. The van der Waals surface area contributed by atoms with Crippen molar-refractivity contribution in [3.05, 3.63) is 87.5 Å². The topological polar surface area (TPSA) is 43.1 Å². The van der Waals surface area contributed by atoms with E-state index in [4.69, 9.17) is 0 Å². The summed E-state index contributed by atoms with van der Waals surface area (Å²) in [6, 6.07) is 14.7. The van der Waals surface area contributed by atoms with Crippen molar-refractivity contribution < 1.29 is 4.92 Å². The van der Waals surface area contributed by atoms with Gasteiger partial charge in [-0.05, 0) is 30.2 Å². The molecule has 0 atom stereocenters. The third-order valence-electron chi connectivity index (χ3n) is 2.87. The molecule has 0 spiro atoms. The lowest BCUT2D eigenvalue weighted by Crippen LogP contribution is -1.86. The van der Waals surface area contributed by atoms with E-state index in [9.17, 15) is 10.1 Å². The van der Waals surface area contributed by atoms with Crippen LogP contribution in [-0.4, -0.2) is 4.92 Å². The Morgan fingerprint density at radius 2 is 1.30 bits per heavy atom. The Morgan fingerprint density at radius 3 is 1.75 bits per heavy atom. The zero-order valence-corrected chi connectivity index (χ0v) is 11.2. The van der Waals surface area contributed by atoms with Crippen molar-refractivity contribution in [1.29, 1.82) is 0 Å². The highest BCUT2D eigenvalue weighted by Crippen LogP contribution is 2.13. The monoisotopic (exact) mass is 265 g/mol. The predicted molar refractivity (Wildman–Crippen MR) is 82.3 cm³/mol. The van der Waals surface area contributed by atoms with Crippen molar-refractivity contribution in [3.8, 4) is 0 Å². The third kappa shape index (κ3) is 3.92. The van der Waals surface area contributed by atoms with Gasteiger partial charge in [0, 0.05) is 12.1 Å². The molecule has 3 nitrogen and oxygen atoms in total. The van der Waals surface area contributed by atoms with Crippen LogP contribution in [0.4, 0.5) is 5.69 Å². The highest BCUT2D eigenvalue weighted by Gasteiger charge is 2.01. The molecule has 0 bridgehead atoms. The van der Waals surface area contributed by atoms with E-state index in [-0.39, 0.29) is 5.69 Å². The van der Waals surface area contributed by atoms with Gasteiger partial charge in [0.2, 0.25) is 0 Å². The Kier molecular flexibility index (Phi) is 4.45. The molecule has 3 heteroatoms. The molecule has 2 aromatic rings. The minimum absolute atomic E-state index is 0.109. The number of rotatable bonds is 4. The van der Waals surface area contributed by atoms with Crippen LogP contribution >= 0.6 is 0 Å². The average molecular weight is 265 g/mol. The highest BCUT2D eigenvalue weighted by molar-refractivity contribution is 5.58. The molecule has 0 heterocycles. The van der Waals surface area contributed by atoms with Crippen LogP contribution in [0.1, 0.15) is 16.7 Å². The normalized spacial score (nSPS) is 11.2. The van der Waals surface area contributed by atoms with Crippen molar-refractivity contribution >= 4 is 17.8 Å². The number of hydrogen-bond donors (Lipinski definition) is 0. The largest absolute Gasteiger partial charge is 0.269 e. The summed E-state index contributed by atoms with van der Waals surface area (Å²) in [5.74, 6) is 0. The molecule has 0 N–H and O–H groups in total. The number of nitrogens with zero attached hydrogens (tertiary/aromatic N) is 1. The first kappa shape index (κ1) is 13.7. The number of aryl methyl sites for hydroxylation is 1. The molecular formula is C17H15NO2. The van der Waals surface area contributed by atoms with Crippen LogP contribution in [-0.2, 0) is 0 Å². The second kappa shape index (κ2) is 6.48. The molecule has 0 radical (unpaired) electrons. The molecule has 20 heavy (non-hydrogen) atoms. The van der Waals surface area contributed by atoms with Crippen LogP contribution in [0.5, 0.6) is 0 Å². The van der Waals surface area contributed by atoms with E-state index in [1.807, 2.05) is 24.3 Å². The van der Waals surface area contributed by atoms with E-state index < -0.39 is 4.92 Å². The summed E-state index contributed by atoms with van der Waals surface area (Å²) in [7, 11) is 0. The van der Waals surface area contributed by atoms with Gasteiger partial charge in [-0.2, -0.15) is 0 Å². The van der Waals surface area contributed by atoms with Gasteiger partial charge in [0.1, 0.15) is 0 Å². The lowest BCUT2D eigenvalue weighted by molar-refractivity contribution is -0.384. The van der Waals surface area contributed by atoms with E-state index in [1.54, 1.807) is 12.1 Å². The fourth-order valence-corrected chi connectivity index (χ4v) is 1.72. The summed E-state index contributed by atoms with van der Waals surface area (Å²) in [6.45, 7) is 2.06. The summed E-state index contributed by atoms with van der Waals surface area (Å²) in [4.78, 5) is 10.1. The van der Waals surface area contributed by atoms with E-state index in [0.29, 0.717) is 0 Å². The maximum absolute atomic E-state index is 10.5. The Labute approximate surface area is 118 Å². The van der Waals surface area contributed by atoms with Crippen molar-refractivity contribution in [1.82, 2.24) is 0 Å². The number of nitro groups is 1. The molecule has 0 aliphatic heterocycles. The Morgan fingerprint density at radius 1 is 0.850 bits per heavy atom. The first-order valence-corrected chi connectivity index (χ1v) is 6.31. The summed E-state index contributed by atoms with van der Waals surface area (Å²) in [5.41, 5.74) is 3.43. The quantitative estimate of drug-likeness (QED) is 0.459. The van der Waals surface area contributed by atoms with E-state index in [2.05, 4.69) is 31.2 Å². The predicted octanol–water partition coefficient (Wildman–Crippen LogP) is 4.63. The van der Waals surface area contributed by atoms with Crippen molar-refractivity contribution in [2.75, 3.05) is 0 Å². The first-order valence-electron chi connectivity index (χ1n) is 6.31. The molecule has 0 saturated heterocycles. The molecular weight excluding hydrogens is 250 g/mol. The number of benzene rings is 2. The first-order chi connectivity index (χ1) is 9.65. The lowest BCUT2D eigenvalue weighted by atomic mass is 10.1. The maximum atomic E-state index is 10.5. The van der Waals surface area contributed by atoms with Crippen molar-refractivity contribution in [2.45, 2.75) is 6.92 Å². The molecule has 0 unspecified atom stereocenters. The van der Waals surface area contributed by atoms with Gasteiger partial charge >= 0.3 is 0 Å². The fourth-order valence-electron chi connectivity index (χ4n) is 1.72. The summed E-state index contributed by atoms with van der Waals surface area (Å²) in [5, 5.41) is 10.5. The third-order valence-corrected chi connectivity index (χ3v) is 2.87. The van der Waals surface area contributed by atoms with Crippen LogP contribution < -0.4 is 0 Å².